The molecule has 1 aliphatic heterocycles. The fourth-order valence-electron chi connectivity index (χ4n) is 2.49. The molecule has 3 atom stereocenters. The van der Waals surface area contributed by atoms with E-state index >= 15 is 0 Å². The van der Waals surface area contributed by atoms with Crippen molar-refractivity contribution < 1.29 is 22.7 Å². The van der Waals surface area contributed by atoms with Crippen LogP contribution in [0.2, 0.25) is 0 Å². The Labute approximate surface area is 146 Å². The summed E-state index contributed by atoms with van der Waals surface area (Å²) in [5.74, 6) is 0.123. The summed E-state index contributed by atoms with van der Waals surface area (Å²) < 4.78 is 37.2. The number of rotatable bonds is 9. The first kappa shape index (κ1) is 21.3. The second kappa shape index (κ2) is 9.70. The van der Waals surface area contributed by atoms with Gasteiger partial charge in [-0.05, 0) is 33.1 Å². The van der Waals surface area contributed by atoms with Crippen molar-refractivity contribution in [2.24, 2.45) is 5.92 Å². The number of ether oxygens (including phenoxy) is 2. The Balaban J connectivity index is 2.35. The third-order valence-electron chi connectivity index (χ3n) is 3.87. The van der Waals surface area contributed by atoms with Crippen LogP contribution < -0.4 is 5.32 Å². The van der Waals surface area contributed by atoms with Gasteiger partial charge in [-0.15, -0.1) is 0 Å². The molecule has 0 saturated carbocycles. The van der Waals surface area contributed by atoms with Crippen molar-refractivity contribution in [3.05, 3.63) is 0 Å². The predicted molar refractivity (Wildman–Crippen MR) is 93.2 cm³/mol. The van der Waals surface area contributed by atoms with Gasteiger partial charge in [0.15, 0.2) is 0 Å². The maximum atomic E-state index is 12.4. The largest absolute Gasteiger partial charge is 0.373 e. The van der Waals surface area contributed by atoms with Crippen molar-refractivity contribution >= 4 is 15.9 Å². The molecule has 1 aliphatic rings. The molecule has 0 aromatic carbocycles. The first-order valence-electron chi connectivity index (χ1n) is 8.64. The number of amides is 1. The molecule has 8 heteroatoms. The minimum atomic E-state index is -3.40. The van der Waals surface area contributed by atoms with Crippen LogP contribution in [0.5, 0.6) is 0 Å². The van der Waals surface area contributed by atoms with Gasteiger partial charge in [0, 0.05) is 26.2 Å². The standard InChI is InChI=1S/C16H32N2O5S/c1-12(2)6-8-22-15(5)16(19)17-7-9-24(20,21)18-10-13(3)23-14(4)11-18/h12-15H,6-11H2,1-5H3,(H,17,19)/t13-,14+,15-/m1/s1. The number of carbonyl (C=O) groups is 1. The molecule has 1 saturated heterocycles. The molecule has 0 unspecified atom stereocenters. The molecule has 0 bridgehead atoms. The highest BCUT2D eigenvalue weighted by molar-refractivity contribution is 7.89. The zero-order chi connectivity index (χ0) is 18.3. The van der Waals surface area contributed by atoms with Gasteiger partial charge in [0.05, 0.1) is 18.0 Å². The molecule has 1 fully saturated rings. The Morgan fingerprint density at radius 3 is 2.38 bits per heavy atom. The van der Waals surface area contributed by atoms with Gasteiger partial charge in [-0.25, -0.2) is 8.42 Å². The van der Waals surface area contributed by atoms with Gasteiger partial charge in [-0.1, -0.05) is 13.8 Å². The number of nitrogens with zero attached hydrogens (tertiary/aromatic N) is 1. The Hall–Kier alpha value is -0.700. The minimum Gasteiger partial charge on any atom is -0.373 e. The Morgan fingerprint density at radius 1 is 1.25 bits per heavy atom. The molecule has 0 aliphatic carbocycles. The summed E-state index contributed by atoms with van der Waals surface area (Å²) >= 11 is 0. The van der Waals surface area contributed by atoms with Crippen LogP contribution >= 0.6 is 0 Å². The zero-order valence-electron chi connectivity index (χ0n) is 15.4. The van der Waals surface area contributed by atoms with E-state index in [1.54, 1.807) is 6.92 Å². The average Bonchev–Trinajstić information content (AvgIpc) is 2.45. The number of carbonyl (C=O) groups excluding carboxylic acids is 1. The first-order valence-corrected chi connectivity index (χ1v) is 10.2. The average molecular weight is 365 g/mol. The summed E-state index contributed by atoms with van der Waals surface area (Å²) in [6.45, 7) is 10.9. The van der Waals surface area contributed by atoms with E-state index in [0.29, 0.717) is 25.6 Å². The third kappa shape index (κ3) is 7.46. The fraction of sp³-hybridized carbons (Fsp3) is 0.938. The molecule has 0 aromatic heterocycles. The summed E-state index contributed by atoms with van der Waals surface area (Å²) in [5, 5.41) is 2.64. The van der Waals surface area contributed by atoms with Crippen LogP contribution in [-0.4, -0.2) is 68.9 Å². The van der Waals surface area contributed by atoms with Gasteiger partial charge in [-0.2, -0.15) is 4.31 Å². The minimum absolute atomic E-state index is 0.0825. The van der Waals surface area contributed by atoms with E-state index in [-0.39, 0.29) is 30.4 Å². The molecule has 1 rings (SSSR count). The van der Waals surface area contributed by atoms with E-state index in [0.717, 1.165) is 6.42 Å². The molecule has 142 valence electrons. The van der Waals surface area contributed by atoms with Crippen molar-refractivity contribution in [3.63, 3.8) is 0 Å². The summed E-state index contributed by atoms with van der Waals surface area (Å²) in [6.07, 6.45) is 0.0780. The lowest BCUT2D eigenvalue weighted by molar-refractivity contribution is -0.131. The molecular formula is C16H32N2O5S. The predicted octanol–water partition coefficient (Wildman–Crippen LogP) is 0.993. The quantitative estimate of drug-likeness (QED) is 0.660. The topological polar surface area (TPSA) is 84.9 Å². The maximum absolute atomic E-state index is 12.4. The normalized spacial score (nSPS) is 24.1. The summed E-state index contributed by atoms with van der Waals surface area (Å²) in [5.41, 5.74) is 0. The van der Waals surface area contributed by atoms with Crippen LogP contribution in [0, 0.1) is 5.92 Å². The van der Waals surface area contributed by atoms with Crippen molar-refractivity contribution in [3.8, 4) is 0 Å². The molecule has 0 aromatic rings. The van der Waals surface area contributed by atoms with Gasteiger partial charge in [-0.3, -0.25) is 4.79 Å². The van der Waals surface area contributed by atoms with Crippen LogP contribution in [0.1, 0.15) is 41.0 Å². The summed E-state index contributed by atoms with van der Waals surface area (Å²) in [6, 6.07) is 0. The molecule has 0 spiro atoms. The SMILES string of the molecule is CC(C)CCO[C@H](C)C(=O)NCCS(=O)(=O)N1C[C@@H](C)O[C@@H](C)C1. The maximum Gasteiger partial charge on any atom is 0.248 e. The highest BCUT2D eigenvalue weighted by atomic mass is 32.2. The Morgan fingerprint density at radius 2 is 1.83 bits per heavy atom. The van der Waals surface area contributed by atoms with E-state index in [2.05, 4.69) is 19.2 Å². The third-order valence-corrected chi connectivity index (χ3v) is 5.68. The number of hydrogen-bond donors (Lipinski definition) is 1. The van der Waals surface area contributed by atoms with E-state index in [9.17, 15) is 13.2 Å². The fourth-order valence-corrected chi connectivity index (χ4v) is 3.98. The molecule has 0 radical (unpaired) electrons. The molecule has 24 heavy (non-hydrogen) atoms. The second-order valence-electron chi connectivity index (χ2n) is 6.88. The van der Waals surface area contributed by atoms with Gasteiger partial charge in [0.1, 0.15) is 6.10 Å². The smallest absolute Gasteiger partial charge is 0.248 e. The van der Waals surface area contributed by atoms with E-state index < -0.39 is 16.1 Å². The first-order chi connectivity index (χ1) is 11.1. The van der Waals surface area contributed by atoms with Crippen LogP contribution in [0.3, 0.4) is 0 Å². The van der Waals surface area contributed by atoms with Gasteiger partial charge in [0.2, 0.25) is 15.9 Å². The molecule has 1 amide bonds. The van der Waals surface area contributed by atoms with Crippen LogP contribution in [0.4, 0.5) is 0 Å². The number of nitrogens with one attached hydrogen (secondary N) is 1. The highest BCUT2D eigenvalue weighted by Gasteiger charge is 2.30. The van der Waals surface area contributed by atoms with Gasteiger partial charge >= 0.3 is 0 Å². The highest BCUT2D eigenvalue weighted by Crippen LogP contribution is 2.14. The van der Waals surface area contributed by atoms with Crippen LogP contribution in [-0.2, 0) is 24.3 Å². The lowest BCUT2D eigenvalue weighted by Gasteiger charge is -2.34. The number of morpholine rings is 1. The molecular weight excluding hydrogens is 332 g/mol. The van der Waals surface area contributed by atoms with Crippen molar-refractivity contribution in [2.45, 2.75) is 59.4 Å². The lowest BCUT2D eigenvalue weighted by atomic mass is 10.1. The molecule has 7 nitrogen and oxygen atoms in total. The van der Waals surface area contributed by atoms with Gasteiger partial charge < -0.3 is 14.8 Å². The molecule has 1 N–H and O–H groups in total. The molecule has 1 heterocycles. The van der Waals surface area contributed by atoms with Gasteiger partial charge in [0.25, 0.3) is 0 Å². The van der Waals surface area contributed by atoms with Crippen molar-refractivity contribution in [2.75, 3.05) is 32.0 Å². The summed E-state index contributed by atoms with van der Waals surface area (Å²) in [4.78, 5) is 11.9. The van der Waals surface area contributed by atoms with Crippen LogP contribution in [0.15, 0.2) is 0 Å². The number of sulfonamides is 1. The van der Waals surface area contributed by atoms with Crippen molar-refractivity contribution in [1.82, 2.24) is 9.62 Å². The zero-order valence-corrected chi connectivity index (χ0v) is 16.3. The number of hydrogen-bond acceptors (Lipinski definition) is 5. The lowest BCUT2D eigenvalue weighted by Crippen LogP contribution is -2.50. The van der Waals surface area contributed by atoms with E-state index in [1.807, 2.05) is 13.8 Å². The van der Waals surface area contributed by atoms with Crippen molar-refractivity contribution in [1.29, 1.82) is 0 Å². The monoisotopic (exact) mass is 364 g/mol. The summed E-state index contributed by atoms with van der Waals surface area (Å²) in [7, 11) is -3.40. The second-order valence-corrected chi connectivity index (χ2v) is 8.97. The van der Waals surface area contributed by atoms with E-state index in [4.69, 9.17) is 9.47 Å². The Kier molecular flexibility index (Phi) is 8.62. The Bertz CT molecular complexity index is 485. The van der Waals surface area contributed by atoms with Crippen LogP contribution in [0.25, 0.3) is 0 Å². The van der Waals surface area contributed by atoms with E-state index in [1.165, 1.54) is 4.31 Å².